The molecule has 0 N–H and O–H groups in total. The molecule has 6 heterocycles. The molecule has 2 atom stereocenters. The van der Waals surface area contributed by atoms with Crippen molar-refractivity contribution in [3.05, 3.63) is 138 Å². The van der Waals surface area contributed by atoms with Crippen LogP contribution in [0.3, 0.4) is 0 Å². The van der Waals surface area contributed by atoms with E-state index in [-0.39, 0.29) is 11.5 Å². The van der Waals surface area contributed by atoms with Gasteiger partial charge in [-0.15, -0.1) is 0 Å². The average molecular weight is 836 g/mol. The van der Waals surface area contributed by atoms with Gasteiger partial charge in [0, 0.05) is 45.6 Å². The Morgan fingerprint density at radius 2 is 1.61 bits per heavy atom. The van der Waals surface area contributed by atoms with E-state index < -0.39 is 8.07 Å². The van der Waals surface area contributed by atoms with Gasteiger partial charge >= 0.3 is 0 Å². The summed E-state index contributed by atoms with van der Waals surface area (Å²) < 4.78 is 12.2. The summed E-state index contributed by atoms with van der Waals surface area (Å²) >= 11 is 0. The lowest BCUT2D eigenvalue weighted by Crippen LogP contribution is -2.54. The van der Waals surface area contributed by atoms with Crippen LogP contribution in [0.1, 0.15) is 125 Å². The van der Waals surface area contributed by atoms with Crippen LogP contribution in [0.5, 0.6) is 0 Å². The van der Waals surface area contributed by atoms with Crippen molar-refractivity contribution in [3.8, 4) is 33.8 Å². The average Bonchev–Trinajstić information content (AvgIpc) is 3.63. The maximum atomic E-state index is 7.01. The van der Waals surface area contributed by atoms with Gasteiger partial charge in [0.2, 0.25) is 17.1 Å². The van der Waals surface area contributed by atoms with E-state index in [0.717, 1.165) is 64.7 Å². The number of pyridine rings is 3. The molecule has 1 saturated carbocycles. The van der Waals surface area contributed by atoms with Gasteiger partial charge < -0.3 is 4.42 Å². The van der Waals surface area contributed by atoms with Crippen molar-refractivity contribution >= 4 is 41.0 Å². The highest BCUT2D eigenvalue weighted by Gasteiger charge is 2.45. The van der Waals surface area contributed by atoms with Crippen LogP contribution >= 0.6 is 0 Å². The Morgan fingerprint density at radius 1 is 0.839 bits per heavy atom. The van der Waals surface area contributed by atoms with Gasteiger partial charge in [-0.1, -0.05) is 128 Å². The van der Waals surface area contributed by atoms with E-state index in [0.29, 0.717) is 23.5 Å². The third-order valence-corrected chi connectivity index (χ3v) is 16.6. The lowest BCUT2D eigenvalue weighted by molar-refractivity contribution is -0.719. The van der Waals surface area contributed by atoms with Crippen LogP contribution in [0.15, 0.2) is 114 Å². The number of furan rings is 1. The Morgan fingerprint density at radius 3 is 2.35 bits per heavy atom. The molecule has 10 rings (SSSR count). The van der Waals surface area contributed by atoms with Crippen molar-refractivity contribution in [1.29, 1.82) is 0 Å². The molecule has 316 valence electrons. The number of fused-ring (bicyclic) bond motifs is 13. The fraction of sp³-hybridized carbons (Fsp3) is 0.386. The van der Waals surface area contributed by atoms with E-state index >= 15 is 0 Å². The molecule has 62 heavy (non-hydrogen) atoms. The van der Waals surface area contributed by atoms with E-state index in [9.17, 15) is 0 Å². The molecule has 4 aromatic heterocycles. The summed E-state index contributed by atoms with van der Waals surface area (Å²) in [6, 6.07) is 34.8. The molecule has 0 bridgehead atoms. The standard InChI is InChI=1S/C57H65N3OSi/c1-36(2)30-42-33-51-48-32-41(38-16-12-10-13-17-38)22-23-44(48)45-24-20-40-21-25-46-47-26-27-49(39-18-14-11-15-19-39)58-56(47)61-55(46)54(40)52-34-43(57(4,5)6)28-29-59(52)37(3)31-50(45)60(51)35-53(42)62(7,8)9/h11,14-15,18-19,21-23,25-29,32-36,38,45,50H,3,10,12-13,16-17,20,24,30-31H2,1-2,4-9H3/q+2. The van der Waals surface area contributed by atoms with Gasteiger partial charge in [0.25, 0.3) is 0 Å². The molecule has 2 aliphatic heterocycles. The van der Waals surface area contributed by atoms with Crippen LogP contribution in [-0.2, 0) is 18.3 Å². The third kappa shape index (κ3) is 7.28. The number of hydrogen-bond acceptors (Lipinski definition) is 2. The first-order valence-electron chi connectivity index (χ1n) is 23.6. The summed E-state index contributed by atoms with van der Waals surface area (Å²) in [5, 5.41) is 3.76. The van der Waals surface area contributed by atoms with Crippen LogP contribution in [0.25, 0.3) is 61.5 Å². The Bertz CT molecular complexity index is 2870. The fourth-order valence-corrected chi connectivity index (χ4v) is 13.0. The van der Waals surface area contributed by atoms with E-state index in [1.54, 1.807) is 10.8 Å². The Labute approximate surface area is 370 Å². The molecule has 0 amide bonds. The van der Waals surface area contributed by atoms with Crippen molar-refractivity contribution in [2.45, 2.75) is 135 Å². The number of nitrogens with zero attached hydrogens (tertiary/aromatic N) is 3. The minimum Gasteiger partial charge on any atom is -0.437 e. The van der Waals surface area contributed by atoms with Crippen molar-refractivity contribution < 1.29 is 13.6 Å². The first-order valence-corrected chi connectivity index (χ1v) is 27.1. The largest absolute Gasteiger partial charge is 0.437 e. The van der Waals surface area contributed by atoms with E-state index in [1.165, 1.54) is 71.2 Å². The summed E-state index contributed by atoms with van der Waals surface area (Å²) in [7, 11) is -1.70. The second-order valence-electron chi connectivity index (χ2n) is 21.4. The molecule has 1 fully saturated rings. The summed E-state index contributed by atoms with van der Waals surface area (Å²) in [5.74, 6) is 1.56. The number of rotatable bonds is 5. The van der Waals surface area contributed by atoms with Crippen LogP contribution in [-0.4, -0.2) is 13.1 Å². The highest BCUT2D eigenvalue weighted by atomic mass is 28.3. The van der Waals surface area contributed by atoms with Crippen LogP contribution in [0.2, 0.25) is 19.6 Å². The van der Waals surface area contributed by atoms with Crippen molar-refractivity contribution in [3.63, 3.8) is 0 Å². The molecule has 0 radical (unpaired) electrons. The smallest absolute Gasteiger partial charge is 0.227 e. The number of allylic oxidation sites excluding steroid dienone is 1. The predicted molar refractivity (Wildman–Crippen MR) is 261 cm³/mol. The molecule has 3 aromatic carbocycles. The van der Waals surface area contributed by atoms with Crippen LogP contribution in [0, 0.1) is 5.92 Å². The zero-order valence-corrected chi connectivity index (χ0v) is 39.4. The molecule has 0 spiro atoms. The topological polar surface area (TPSA) is 33.8 Å². The van der Waals surface area contributed by atoms with Crippen molar-refractivity contribution in [1.82, 2.24) is 4.98 Å². The lowest BCUT2D eigenvalue weighted by atomic mass is 9.75. The molecule has 1 aliphatic carbocycles. The Hall–Kier alpha value is -5.13. The molecule has 0 saturated heterocycles. The summed E-state index contributed by atoms with van der Waals surface area (Å²) in [4.78, 5) is 5.13. The number of hydrogen-bond donors (Lipinski definition) is 0. The Kier molecular flexibility index (Phi) is 10.3. The van der Waals surface area contributed by atoms with Crippen molar-refractivity contribution in [2.24, 2.45) is 5.92 Å². The minimum absolute atomic E-state index is 0.0370. The molecule has 7 aromatic rings. The summed E-state index contributed by atoms with van der Waals surface area (Å²) in [6.07, 6.45) is 15.5. The second-order valence-corrected chi connectivity index (χ2v) is 26.5. The Balaban J connectivity index is 1.19. The summed E-state index contributed by atoms with van der Waals surface area (Å²) in [5.41, 5.74) is 17.1. The normalized spacial score (nSPS) is 18.3. The quantitative estimate of drug-likeness (QED) is 0.128. The molecule has 5 heteroatoms. The van der Waals surface area contributed by atoms with E-state index in [2.05, 4.69) is 167 Å². The van der Waals surface area contributed by atoms with Gasteiger partial charge in [0.05, 0.1) is 31.3 Å². The second kappa shape index (κ2) is 15.6. The number of benzene rings is 3. The SMILES string of the molecule is C=C1CC2C(CCc3ccc4c(oc5nc(-c6ccccc6)ccc54)c3-c3cc(C(C)(C)C)cc[n+]31)c1ccc(C3CCCCC3)cc1-c1cc(CC(C)C)c([Si](C)(C)C)c[n+]12. The number of aryl methyl sites for hydroxylation is 1. The van der Waals surface area contributed by atoms with Gasteiger partial charge in [0.15, 0.2) is 29.7 Å². The van der Waals surface area contributed by atoms with Crippen LogP contribution in [0.4, 0.5) is 0 Å². The fourth-order valence-electron chi connectivity index (χ4n) is 11.3. The molecule has 4 nitrogen and oxygen atoms in total. The van der Waals surface area contributed by atoms with Gasteiger partial charge in [-0.3, -0.25) is 0 Å². The van der Waals surface area contributed by atoms with Gasteiger partial charge in [-0.25, -0.2) is 4.98 Å². The maximum absolute atomic E-state index is 7.01. The zero-order chi connectivity index (χ0) is 43.1. The van der Waals surface area contributed by atoms with Gasteiger partial charge in [-0.2, -0.15) is 9.13 Å². The van der Waals surface area contributed by atoms with E-state index in [4.69, 9.17) is 16.0 Å². The first-order chi connectivity index (χ1) is 29.7. The summed E-state index contributed by atoms with van der Waals surface area (Å²) in [6.45, 7) is 24.3. The highest BCUT2D eigenvalue weighted by Crippen LogP contribution is 2.47. The predicted octanol–water partition coefficient (Wildman–Crippen LogP) is 13.8. The lowest BCUT2D eigenvalue weighted by Gasteiger charge is -2.34. The number of aromatic nitrogens is 3. The zero-order valence-electron chi connectivity index (χ0n) is 38.4. The molecule has 2 unspecified atom stereocenters. The first kappa shape index (κ1) is 40.9. The molecule has 3 aliphatic rings. The maximum Gasteiger partial charge on any atom is 0.227 e. The minimum atomic E-state index is -1.70. The highest BCUT2D eigenvalue weighted by molar-refractivity contribution is 6.89. The molecular weight excluding hydrogens is 771 g/mol. The van der Waals surface area contributed by atoms with Crippen molar-refractivity contribution in [2.75, 3.05) is 0 Å². The van der Waals surface area contributed by atoms with Gasteiger partial charge in [0.1, 0.15) is 0 Å². The monoisotopic (exact) mass is 835 g/mol. The van der Waals surface area contributed by atoms with E-state index in [1.807, 2.05) is 0 Å². The van der Waals surface area contributed by atoms with Gasteiger partial charge in [-0.05, 0) is 102 Å². The third-order valence-electron chi connectivity index (χ3n) is 14.5. The molecular formula is C57H65N3OSi+2. The van der Waals surface area contributed by atoms with Crippen LogP contribution < -0.4 is 14.3 Å².